The molecule has 0 aromatic carbocycles. The smallest absolute Gasteiger partial charge is 0.346 e. The Morgan fingerprint density at radius 3 is 2.43 bits per heavy atom. The van der Waals surface area contributed by atoms with Gasteiger partial charge in [0, 0.05) is 0 Å². The maximum absolute atomic E-state index is 11.0. The third-order valence-electron chi connectivity index (χ3n) is 1.73. The SMILES string of the molecule is CC(=O)C1=C(O)[C@H](CC(=O)O)OC1=O. The van der Waals surface area contributed by atoms with Crippen molar-refractivity contribution in [3.63, 3.8) is 0 Å². The number of aliphatic hydroxyl groups excluding tert-OH is 1. The van der Waals surface area contributed by atoms with Crippen LogP contribution in [-0.2, 0) is 19.1 Å². The van der Waals surface area contributed by atoms with Gasteiger partial charge >= 0.3 is 11.9 Å². The van der Waals surface area contributed by atoms with Crippen LogP contribution in [0.15, 0.2) is 11.3 Å². The van der Waals surface area contributed by atoms with Crippen LogP contribution in [0.1, 0.15) is 13.3 Å². The molecule has 0 fully saturated rings. The summed E-state index contributed by atoms with van der Waals surface area (Å²) >= 11 is 0. The number of carboxylic acid groups (broad SMARTS) is 1. The van der Waals surface area contributed by atoms with Crippen LogP contribution < -0.4 is 0 Å². The van der Waals surface area contributed by atoms with Crippen molar-refractivity contribution in [2.45, 2.75) is 19.4 Å². The summed E-state index contributed by atoms with van der Waals surface area (Å²) in [7, 11) is 0. The second-order valence-electron chi connectivity index (χ2n) is 2.81. The van der Waals surface area contributed by atoms with Gasteiger partial charge < -0.3 is 14.9 Å². The van der Waals surface area contributed by atoms with Crippen molar-refractivity contribution in [2.75, 3.05) is 0 Å². The molecule has 76 valence electrons. The Morgan fingerprint density at radius 2 is 2.07 bits per heavy atom. The van der Waals surface area contributed by atoms with Crippen LogP contribution in [0.5, 0.6) is 0 Å². The molecule has 0 saturated heterocycles. The highest BCUT2D eigenvalue weighted by Gasteiger charge is 2.37. The molecule has 6 nitrogen and oxygen atoms in total. The van der Waals surface area contributed by atoms with E-state index in [0.717, 1.165) is 6.92 Å². The van der Waals surface area contributed by atoms with Gasteiger partial charge in [0.05, 0.1) is 6.42 Å². The summed E-state index contributed by atoms with van der Waals surface area (Å²) in [6.07, 6.45) is -1.78. The molecule has 2 N–H and O–H groups in total. The number of ether oxygens (including phenoxy) is 1. The highest BCUT2D eigenvalue weighted by Crippen LogP contribution is 2.23. The molecule has 0 unspecified atom stereocenters. The average molecular weight is 200 g/mol. The summed E-state index contributed by atoms with van der Waals surface area (Å²) in [4.78, 5) is 32.1. The molecule has 0 bridgehead atoms. The van der Waals surface area contributed by atoms with E-state index in [4.69, 9.17) is 5.11 Å². The number of aliphatic hydroxyl groups is 1. The van der Waals surface area contributed by atoms with E-state index in [1.807, 2.05) is 0 Å². The lowest BCUT2D eigenvalue weighted by Gasteiger charge is -2.05. The number of hydrogen-bond acceptors (Lipinski definition) is 5. The van der Waals surface area contributed by atoms with Crippen molar-refractivity contribution in [1.82, 2.24) is 0 Å². The number of rotatable bonds is 3. The number of ketones is 1. The van der Waals surface area contributed by atoms with E-state index in [-0.39, 0.29) is 0 Å². The van der Waals surface area contributed by atoms with Gasteiger partial charge in [0.2, 0.25) is 0 Å². The lowest BCUT2D eigenvalue weighted by atomic mass is 10.1. The maximum Gasteiger partial charge on any atom is 0.346 e. The summed E-state index contributed by atoms with van der Waals surface area (Å²) in [6, 6.07) is 0. The second kappa shape index (κ2) is 3.49. The molecule has 0 aromatic rings. The third-order valence-corrected chi connectivity index (χ3v) is 1.73. The van der Waals surface area contributed by atoms with Gasteiger partial charge in [-0.05, 0) is 6.92 Å². The van der Waals surface area contributed by atoms with Crippen LogP contribution in [0.3, 0.4) is 0 Å². The fourth-order valence-corrected chi connectivity index (χ4v) is 1.13. The van der Waals surface area contributed by atoms with Crippen LogP contribution in [-0.4, -0.2) is 34.0 Å². The van der Waals surface area contributed by atoms with E-state index in [1.165, 1.54) is 0 Å². The predicted molar refractivity (Wildman–Crippen MR) is 42.5 cm³/mol. The number of esters is 1. The Labute approximate surface area is 78.8 Å². The van der Waals surface area contributed by atoms with Gasteiger partial charge in [0.1, 0.15) is 5.57 Å². The molecule has 0 radical (unpaired) electrons. The Bertz CT molecular complexity index is 340. The molecule has 6 heteroatoms. The zero-order chi connectivity index (χ0) is 10.9. The first-order valence-corrected chi connectivity index (χ1v) is 3.80. The molecule has 14 heavy (non-hydrogen) atoms. The molecular formula is C8H8O6. The van der Waals surface area contributed by atoms with E-state index in [1.54, 1.807) is 0 Å². The molecule has 0 amide bonds. The van der Waals surface area contributed by atoms with E-state index in [0.29, 0.717) is 0 Å². The molecule has 1 atom stereocenters. The van der Waals surface area contributed by atoms with Crippen molar-refractivity contribution >= 4 is 17.7 Å². The summed E-state index contributed by atoms with van der Waals surface area (Å²) in [6.45, 7) is 1.09. The minimum Gasteiger partial charge on any atom is -0.507 e. The zero-order valence-electron chi connectivity index (χ0n) is 7.31. The molecule has 1 rings (SSSR count). The summed E-state index contributed by atoms with van der Waals surface area (Å²) < 4.78 is 4.49. The molecule has 1 aliphatic rings. The first-order valence-electron chi connectivity index (χ1n) is 3.80. The van der Waals surface area contributed by atoms with Crippen molar-refractivity contribution in [2.24, 2.45) is 0 Å². The van der Waals surface area contributed by atoms with E-state index < -0.39 is 41.6 Å². The van der Waals surface area contributed by atoms with Gasteiger partial charge in [0.25, 0.3) is 0 Å². The highest BCUT2D eigenvalue weighted by molar-refractivity contribution is 6.18. The number of hydrogen-bond donors (Lipinski definition) is 2. The normalized spacial score (nSPS) is 20.9. The van der Waals surface area contributed by atoms with E-state index >= 15 is 0 Å². The lowest BCUT2D eigenvalue weighted by molar-refractivity contribution is -0.145. The molecule has 1 aliphatic heterocycles. The van der Waals surface area contributed by atoms with Gasteiger partial charge in [-0.25, -0.2) is 4.79 Å². The van der Waals surface area contributed by atoms with Crippen LogP contribution >= 0.6 is 0 Å². The minimum atomic E-state index is -1.24. The highest BCUT2D eigenvalue weighted by atomic mass is 16.6. The first-order chi connectivity index (χ1) is 6.43. The standard InChI is InChI=1S/C8H8O6/c1-3(9)6-7(12)4(2-5(10)11)14-8(6)13/h4,12H,2H2,1H3,(H,10,11)/t4-/m0/s1. The van der Waals surface area contributed by atoms with Crippen molar-refractivity contribution in [1.29, 1.82) is 0 Å². The maximum atomic E-state index is 11.0. The fraction of sp³-hybridized carbons (Fsp3) is 0.375. The quantitative estimate of drug-likeness (QED) is 0.482. The zero-order valence-corrected chi connectivity index (χ0v) is 7.31. The van der Waals surface area contributed by atoms with Crippen LogP contribution in [0.4, 0.5) is 0 Å². The van der Waals surface area contributed by atoms with Crippen molar-refractivity contribution < 1.29 is 29.3 Å². The molecule has 1 heterocycles. The molecule has 0 saturated carbocycles. The number of carboxylic acids is 1. The third kappa shape index (κ3) is 1.73. The Balaban J connectivity index is 2.93. The Kier molecular flexibility index (Phi) is 2.55. The monoisotopic (exact) mass is 200 g/mol. The number of carbonyl (C=O) groups is 3. The van der Waals surface area contributed by atoms with Crippen molar-refractivity contribution in [3.8, 4) is 0 Å². The average Bonchev–Trinajstić information content (AvgIpc) is 2.25. The van der Waals surface area contributed by atoms with E-state index in [2.05, 4.69) is 4.74 Å². The largest absolute Gasteiger partial charge is 0.507 e. The summed E-state index contributed by atoms with van der Waals surface area (Å²) in [5, 5.41) is 17.7. The van der Waals surface area contributed by atoms with Gasteiger partial charge in [-0.3, -0.25) is 9.59 Å². The number of cyclic esters (lactones) is 1. The van der Waals surface area contributed by atoms with Crippen molar-refractivity contribution in [3.05, 3.63) is 11.3 Å². The van der Waals surface area contributed by atoms with Gasteiger partial charge in [-0.15, -0.1) is 0 Å². The topological polar surface area (TPSA) is 101 Å². The number of Topliss-reactive ketones (excluding diaryl/α,β-unsaturated/α-hetero) is 1. The van der Waals surface area contributed by atoms with Crippen LogP contribution in [0.25, 0.3) is 0 Å². The summed E-state index contributed by atoms with van der Waals surface area (Å²) in [5.74, 6) is -3.43. The first kappa shape index (κ1) is 10.2. The molecule has 0 aliphatic carbocycles. The molecule has 0 aromatic heterocycles. The van der Waals surface area contributed by atoms with Crippen LogP contribution in [0, 0.1) is 0 Å². The fourth-order valence-electron chi connectivity index (χ4n) is 1.13. The minimum absolute atomic E-state index is 0.462. The second-order valence-corrected chi connectivity index (χ2v) is 2.81. The van der Waals surface area contributed by atoms with Gasteiger partial charge in [0.15, 0.2) is 17.6 Å². The predicted octanol–water partition coefficient (Wildman–Crippen LogP) is -0.212. The van der Waals surface area contributed by atoms with Crippen LogP contribution in [0.2, 0.25) is 0 Å². The molecular weight excluding hydrogens is 192 g/mol. The Morgan fingerprint density at radius 1 is 1.50 bits per heavy atom. The summed E-state index contributed by atoms with van der Waals surface area (Å²) in [5.41, 5.74) is -0.462. The van der Waals surface area contributed by atoms with E-state index in [9.17, 15) is 19.5 Å². The Hall–Kier alpha value is -1.85. The number of aliphatic carboxylic acids is 1. The van der Waals surface area contributed by atoms with Gasteiger partial charge in [-0.2, -0.15) is 0 Å². The molecule has 0 spiro atoms. The number of carbonyl (C=O) groups excluding carboxylic acids is 2. The van der Waals surface area contributed by atoms with Gasteiger partial charge in [-0.1, -0.05) is 0 Å². The lowest BCUT2D eigenvalue weighted by Crippen LogP contribution is -2.16.